The lowest BCUT2D eigenvalue weighted by Crippen LogP contribution is -2.49. The average molecular weight is 224 g/mol. The Morgan fingerprint density at radius 3 is 2.94 bits per heavy atom. The number of carbonyl (C=O) groups is 1. The van der Waals surface area contributed by atoms with E-state index in [4.69, 9.17) is 11.2 Å². The smallest absolute Gasteiger partial charge is 0.237 e. The molecule has 0 saturated carbocycles. The summed E-state index contributed by atoms with van der Waals surface area (Å²) < 4.78 is 5.55. The van der Waals surface area contributed by atoms with Crippen molar-refractivity contribution in [1.29, 1.82) is 0 Å². The van der Waals surface area contributed by atoms with Crippen molar-refractivity contribution in [3.8, 4) is 12.3 Å². The van der Waals surface area contributed by atoms with Gasteiger partial charge in [-0.25, -0.2) is 0 Å². The standard InChI is InChI=1S/C12H20N2O2/c1-4-7-13-12(15)10(3)14-9(2)11-6-5-8-16-11/h1,9-11,14H,5-8H2,2-3H3,(H,13,15). The second-order valence-corrected chi connectivity index (χ2v) is 4.15. The maximum Gasteiger partial charge on any atom is 0.237 e. The lowest BCUT2D eigenvalue weighted by molar-refractivity contribution is -0.122. The highest BCUT2D eigenvalue weighted by Gasteiger charge is 2.24. The molecule has 1 aliphatic rings. The molecule has 1 aliphatic heterocycles. The molecule has 0 aromatic rings. The second kappa shape index (κ2) is 6.51. The predicted molar refractivity (Wildman–Crippen MR) is 62.9 cm³/mol. The molecule has 0 spiro atoms. The lowest BCUT2D eigenvalue weighted by atomic mass is 10.1. The molecule has 0 radical (unpaired) electrons. The normalized spacial score (nSPS) is 23.4. The summed E-state index contributed by atoms with van der Waals surface area (Å²) in [6.45, 7) is 4.98. The molecule has 4 nitrogen and oxygen atoms in total. The molecule has 3 atom stereocenters. The zero-order valence-corrected chi connectivity index (χ0v) is 9.95. The third kappa shape index (κ3) is 3.84. The van der Waals surface area contributed by atoms with Crippen molar-refractivity contribution < 1.29 is 9.53 Å². The van der Waals surface area contributed by atoms with Gasteiger partial charge in [0.15, 0.2) is 0 Å². The first kappa shape index (κ1) is 13.0. The quantitative estimate of drug-likeness (QED) is 0.660. The first-order chi connectivity index (χ1) is 7.65. The van der Waals surface area contributed by atoms with Crippen molar-refractivity contribution >= 4 is 5.91 Å². The molecule has 2 N–H and O–H groups in total. The SMILES string of the molecule is C#CCNC(=O)C(C)NC(C)C1CCCO1. The van der Waals surface area contributed by atoms with E-state index in [0.29, 0.717) is 0 Å². The molecule has 90 valence electrons. The van der Waals surface area contributed by atoms with Gasteiger partial charge in [0.25, 0.3) is 0 Å². The van der Waals surface area contributed by atoms with Crippen LogP contribution in [0.4, 0.5) is 0 Å². The molecule has 0 bridgehead atoms. The van der Waals surface area contributed by atoms with Crippen molar-refractivity contribution in [2.45, 2.75) is 44.9 Å². The zero-order valence-electron chi connectivity index (χ0n) is 9.95. The Morgan fingerprint density at radius 1 is 1.62 bits per heavy atom. The van der Waals surface area contributed by atoms with Gasteiger partial charge < -0.3 is 15.4 Å². The summed E-state index contributed by atoms with van der Waals surface area (Å²) in [6.07, 6.45) is 7.47. The highest BCUT2D eigenvalue weighted by atomic mass is 16.5. The Balaban J connectivity index is 2.29. The number of hydrogen-bond donors (Lipinski definition) is 2. The molecule has 1 amide bonds. The highest BCUT2D eigenvalue weighted by molar-refractivity contribution is 5.81. The van der Waals surface area contributed by atoms with E-state index >= 15 is 0 Å². The summed E-state index contributed by atoms with van der Waals surface area (Å²) in [4.78, 5) is 11.5. The Morgan fingerprint density at radius 2 is 2.38 bits per heavy atom. The number of hydrogen-bond acceptors (Lipinski definition) is 3. The lowest BCUT2D eigenvalue weighted by Gasteiger charge is -2.23. The van der Waals surface area contributed by atoms with Crippen LogP contribution in [0.15, 0.2) is 0 Å². The van der Waals surface area contributed by atoms with Crippen LogP contribution in [0.2, 0.25) is 0 Å². The summed E-state index contributed by atoms with van der Waals surface area (Å²) in [7, 11) is 0. The first-order valence-corrected chi connectivity index (χ1v) is 5.74. The van der Waals surface area contributed by atoms with Gasteiger partial charge in [-0.1, -0.05) is 5.92 Å². The Hall–Kier alpha value is -1.05. The van der Waals surface area contributed by atoms with E-state index in [-0.39, 0.29) is 30.6 Å². The van der Waals surface area contributed by atoms with Gasteiger partial charge in [-0.3, -0.25) is 4.79 Å². The van der Waals surface area contributed by atoms with Crippen molar-refractivity contribution in [1.82, 2.24) is 10.6 Å². The Bertz CT molecular complexity index is 267. The van der Waals surface area contributed by atoms with Gasteiger partial charge in [0, 0.05) is 12.6 Å². The van der Waals surface area contributed by atoms with Crippen LogP contribution in [0.5, 0.6) is 0 Å². The Labute approximate surface area is 97.1 Å². The van der Waals surface area contributed by atoms with Crippen LogP contribution < -0.4 is 10.6 Å². The number of amides is 1. The van der Waals surface area contributed by atoms with Gasteiger partial charge in [0.05, 0.1) is 18.7 Å². The fourth-order valence-electron chi connectivity index (χ4n) is 1.87. The second-order valence-electron chi connectivity index (χ2n) is 4.15. The molecule has 1 saturated heterocycles. The summed E-state index contributed by atoms with van der Waals surface area (Å²) in [5.41, 5.74) is 0. The first-order valence-electron chi connectivity index (χ1n) is 5.74. The monoisotopic (exact) mass is 224 g/mol. The van der Waals surface area contributed by atoms with Gasteiger partial charge in [-0.15, -0.1) is 6.42 Å². The number of carbonyl (C=O) groups excluding carboxylic acids is 1. The van der Waals surface area contributed by atoms with Crippen LogP contribution in [0.1, 0.15) is 26.7 Å². The summed E-state index contributed by atoms with van der Waals surface area (Å²) in [5, 5.41) is 5.87. The molecular weight excluding hydrogens is 204 g/mol. The van der Waals surface area contributed by atoms with E-state index in [1.807, 2.05) is 13.8 Å². The molecule has 3 unspecified atom stereocenters. The van der Waals surface area contributed by atoms with Crippen LogP contribution in [0.25, 0.3) is 0 Å². The van der Waals surface area contributed by atoms with Crippen LogP contribution in [-0.2, 0) is 9.53 Å². The van der Waals surface area contributed by atoms with Gasteiger partial charge in [0.1, 0.15) is 0 Å². The van der Waals surface area contributed by atoms with E-state index in [1.54, 1.807) is 0 Å². The van der Waals surface area contributed by atoms with Crippen LogP contribution in [0, 0.1) is 12.3 Å². The zero-order chi connectivity index (χ0) is 12.0. The molecule has 0 aliphatic carbocycles. The summed E-state index contributed by atoms with van der Waals surface area (Å²) in [6, 6.07) is -0.0540. The minimum absolute atomic E-state index is 0.0669. The molecule has 0 aromatic heterocycles. The summed E-state index contributed by atoms with van der Waals surface area (Å²) >= 11 is 0. The van der Waals surface area contributed by atoms with Gasteiger partial charge in [0.2, 0.25) is 5.91 Å². The highest BCUT2D eigenvalue weighted by Crippen LogP contribution is 2.15. The fourth-order valence-corrected chi connectivity index (χ4v) is 1.87. The number of terminal acetylenes is 1. The predicted octanol–water partition coefficient (Wildman–Crippen LogP) is 0.281. The molecule has 4 heteroatoms. The number of rotatable bonds is 5. The van der Waals surface area contributed by atoms with Crippen LogP contribution >= 0.6 is 0 Å². The molecule has 1 heterocycles. The largest absolute Gasteiger partial charge is 0.377 e. The van der Waals surface area contributed by atoms with E-state index < -0.39 is 0 Å². The molecule has 0 aromatic carbocycles. The summed E-state index contributed by atoms with van der Waals surface area (Å²) in [5.74, 6) is 2.31. The third-order valence-electron chi connectivity index (χ3n) is 2.79. The number of ether oxygens (including phenoxy) is 1. The van der Waals surface area contributed by atoms with Crippen molar-refractivity contribution in [3.63, 3.8) is 0 Å². The van der Waals surface area contributed by atoms with Gasteiger partial charge >= 0.3 is 0 Å². The third-order valence-corrected chi connectivity index (χ3v) is 2.79. The fraction of sp³-hybridized carbons (Fsp3) is 0.750. The van der Waals surface area contributed by atoms with Gasteiger partial charge in [-0.05, 0) is 26.7 Å². The molecule has 1 rings (SSSR count). The minimum atomic E-state index is -0.243. The Kier molecular flexibility index (Phi) is 5.30. The number of nitrogens with one attached hydrogen (secondary N) is 2. The van der Waals surface area contributed by atoms with E-state index in [0.717, 1.165) is 19.4 Å². The topological polar surface area (TPSA) is 50.4 Å². The van der Waals surface area contributed by atoms with E-state index in [1.165, 1.54) is 0 Å². The average Bonchev–Trinajstić information content (AvgIpc) is 2.79. The van der Waals surface area contributed by atoms with Crippen molar-refractivity contribution in [2.75, 3.05) is 13.2 Å². The molecule has 1 fully saturated rings. The maximum atomic E-state index is 11.5. The van der Waals surface area contributed by atoms with E-state index in [9.17, 15) is 4.79 Å². The minimum Gasteiger partial charge on any atom is -0.377 e. The van der Waals surface area contributed by atoms with Crippen molar-refractivity contribution in [3.05, 3.63) is 0 Å². The van der Waals surface area contributed by atoms with Crippen LogP contribution in [-0.4, -0.2) is 37.2 Å². The maximum absolute atomic E-state index is 11.5. The molecule has 16 heavy (non-hydrogen) atoms. The van der Waals surface area contributed by atoms with E-state index in [2.05, 4.69) is 16.6 Å². The van der Waals surface area contributed by atoms with Gasteiger partial charge in [-0.2, -0.15) is 0 Å². The van der Waals surface area contributed by atoms with Crippen LogP contribution in [0.3, 0.4) is 0 Å². The van der Waals surface area contributed by atoms with Crippen molar-refractivity contribution in [2.24, 2.45) is 0 Å². The molecular formula is C12H20N2O2.